The molecule has 26 heavy (non-hydrogen) atoms. The standard InChI is InChI=1S/C18H27ClN4O2.HI/c1-4-25-18(24)23-16(14-5-6-14)11-21-17(20-3)22-12(2)13-7-9-15(19)10-8-13;/h7-10,12,14,16H,4-6,11H2,1-3H3,(H,23,24)(H2,20,21,22);1H. The number of benzene rings is 1. The number of carbonyl (C=O) groups excluding carboxylic acids is 1. The molecular formula is C18H28ClIN4O2. The molecule has 1 saturated carbocycles. The van der Waals surface area contributed by atoms with Crippen LogP contribution in [0.5, 0.6) is 0 Å². The maximum atomic E-state index is 11.7. The molecule has 0 aromatic heterocycles. The highest BCUT2D eigenvalue weighted by molar-refractivity contribution is 14.0. The quantitative estimate of drug-likeness (QED) is 0.307. The minimum absolute atomic E-state index is 0. The fraction of sp³-hybridized carbons (Fsp3) is 0.556. The third-order valence-electron chi connectivity index (χ3n) is 4.21. The molecule has 1 fully saturated rings. The van der Waals surface area contributed by atoms with E-state index in [4.69, 9.17) is 16.3 Å². The van der Waals surface area contributed by atoms with Gasteiger partial charge in [0.25, 0.3) is 0 Å². The number of amides is 1. The van der Waals surface area contributed by atoms with Gasteiger partial charge in [0.1, 0.15) is 0 Å². The third-order valence-corrected chi connectivity index (χ3v) is 4.46. The lowest BCUT2D eigenvalue weighted by molar-refractivity contribution is 0.146. The van der Waals surface area contributed by atoms with E-state index in [9.17, 15) is 4.79 Å². The Hall–Kier alpha value is -1.22. The van der Waals surface area contributed by atoms with Gasteiger partial charge in [0.05, 0.1) is 18.7 Å². The van der Waals surface area contributed by atoms with Crippen LogP contribution >= 0.6 is 35.6 Å². The highest BCUT2D eigenvalue weighted by Gasteiger charge is 2.32. The van der Waals surface area contributed by atoms with Gasteiger partial charge in [-0.05, 0) is 50.3 Å². The smallest absolute Gasteiger partial charge is 0.407 e. The molecule has 0 heterocycles. The molecule has 0 spiro atoms. The second-order valence-corrected chi connectivity index (χ2v) is 6.62. The van der Waals surface area contributed by atoms with Crippen molar-refractivity contribution < 1.29 is 9.53 Å². The molecule has 0 aliphatic heterocycles. The summed E-state index contributed by atoms with van der Waals surface area (Å²) >= 11 is 5.93. The monoisotopic (exact) mass is 494 g/mol. The first-order chi connectivity index (χ1) is 12.0. The summed E-state index contributed by atoms with van der Waals surface area (Å²) in [5.74, 6) is 1.20. The third kappa shape index (κ3) is 7.57. The Balaban J connectivity index is 0.00000338. The lowest BCUT2D eigenvalue weighted by Crippen LogP contribution is -2.48. The number of carbonyl (C=O) groups is 1. The first-order valence-corrected chi connectivity index (χ1v) is 9.07. The van der Waals surface area contributed by atoms with Gasteiger partial charge in [-0.1, -0.05) is 23.7 Å². The van der Waals surface area contributed by atoms with Crippen LogP contribution in [-0.2, 0) is 4.74 Å². The summed E-state index contributed by atoms with van der Waals surface area (Å²) in [6, 6.07) is 7.85. The molecule has 0 saturated heterocycles. The van der Waals surface area contributed by atoms with Crippen molar-refractivity contribution in [3.8, 4) is 0 Å². The molecule has 2 rings (SSSR count). The van der Waals surface area contributed by atoms with Crippen molar-refractivity contribution in [2.45, 2.75) is 38.8 Å². The van der Waals surface area contributed by atoms with E-state index in [1.54, 1.807) is 14.0 Å². The Morgan fingerprint density at radius 1 is 1.31 bits per heavy atom. The summed E-state index contributed by atoms with van der Waals surface area (Å²) in [5.41, 5.74) is 1.12. The lowest BCUT2D eigenvalue weighted by atomic mass is 10.1. The van der Waals surface area contributed by atoms with Gasteiger partial charge in [-0.15, -0.1) is 24.0 Å². The molecule has 2 unspecified atom stereocenters. The highest BCUT2D eigenvalue weighted by atomic mass is 127. The van der Waals surface area contributed by atoms with Gasteiger partial charge in [0.15, 0.2) is 5.96 Å². The van der Waals surface area contributed by atoms with Crippen LogP contribution in [0.1, 0.15) is 38.3 Å². The van der Waals surface area contributed by atoms with Crippen molar-refractivity contribution in [2.75, 3.05) is 20.2 Å². The predicted molar refractivity (Wildman–Crippen MR) is 116 cm³/mol. The van der Waals surface area contributed by atoms with Crippen molar-refractivity contribution in [3.63, 3.8) is 0 Å². The van der Waals surface area contributed by atoms with E-state index in [1.807, 2.05) is 24.3 Å². The second-order valence-electron chi connectivity index (χ2n) is 6.18. The van der Waals surface area contributed by atoms with Gasteiger partial charge in [0, 0.05) is 18.6 Å². The summed E-state index contributed by atoms with van der Waals surface area (Å²) < 4.78 is 4.98. The maximum absolute atomic E-state index is 11.7. The molecule has 1 amide bonds. The zero-order valence-electron chi connectivity index (χ0n) is 15.4. The number of hydrogen-bond acceptors (Lipinski definition) is 3. The maximum Gasteiger partial charge on any atom is 0.407 e. The van der Waals surface area contributed by atoms with Crippen LogP contribution in [0.4, 0.5) is 4.79 Å². The first kappa shape index (κ1) is 22.8. The van der Waals surface area contributed by atoms with Crippen molar-refractivity contribution in [2.24, 2.45) is 10.9 Å². The first-order valence-electron chi connectivity index (χ1n) is 8.69. The normalized spacial score (nSPS) is 16.1. The van der Waals surface area contributed by atoms with Crippen molar-refractivity contribution in [1.82, 2.24) is 16.0 Å². The largest absolute Gasteiger partial charge is 0.450 e. The molecule has 8 heteroatoms. The average Bonchev–Trinajstić information content (AvgIpc) is 3.43. The van der Waals surface area contributed by atoms with E-state index in [0.717, 1.165) is 23.4 Å². The Labute approximate surface area is 177 Å². The van der Waals surface area contributed by atoms with E-state index in [-0.39, 0.29) is 42.2 Å². The lowest BCUT2D eigenvalue weighted by Gasteiger charge is -2.22. The highest BCUT2D eigenvalue weighted by Crippen LogP contribution is 2.32. The fourth-order valence-electron chi connectivity index (χ4n) is 2.60. The van der Waals surface area contributed by atoms with Crippen LogP contribution in [0.25, 0.3) is 0 Å². The van der Waals surface area contributed by atoms with Crippen molar-refractivity contribution in [3.05, 3.63) is 34.9 Å². The summed E-state index contributed by atoms with van der Waals surface area (Å²) in [4.78, 5) is 15.9. The van der Waals surface area contributed by atoms with Crippen LogP contribution in [0.15, 0.2) is 29.3 Å². The summed E-state index contributed by atoms with van der Waals surface area (Å²) in [6.07, 6.45) is 1.90. The minimum atomic E-state index is -0.362. The van der Waals surface area contributed by atoms with Crippen molar-refractivity contribution >= 4 is 47.6 Å². The van der Waals surface area contributed by atoms with E-state index >= 15 is 0 Å². The van der Waals surface area contributed by atoms with Gasteiger partial charge in [-0.25, -0.2) is 4.79 Å². The molecule has 1 aliphatic carbocycles. The molecule has 0 bridgehead atoms. The zero-order valence-corrected chi connectivity index (χ0v) is 18.5. The van der Waals surface area contributed by atoms with Crippen LogP contribution in [-0.4, -0.2) is 38.3 Å². The molecular weight excluding hydrogens is 467 g/mol. The molecule has 1 aromatic carbocycles. The molecule has 1 aliphatic rings. The number of guanidine groups is 1. The molecule has 2 atom stereocenters. The fourth-order valence-corrected chi connectivity index (χ4v) is 2.73. The van der Waals surface area contributed by atoms with Crippen LogP contribution < -0.4 is 16.0 Å². The molecule has 1 aromatic rings. The Morgan fingerprint density at radius 3 is 2.50 bits per heavy atom. The number of hydrogen-bond donors (Lipinski definition) is 3. The molecule has 3 N–H and O–H groups in total. The number of alkyl carbamates (subject to hydrolysis) is 1. The summed E-state index contributed by atoms with van der Waals surface area (Å²) in [6.45, 7) is 4.84. The van der Waals surface area contributed by atoms with Gasteiger partial charge in [-0.2, -0.15) is 0 Å². The number of ether oxygens (including phenoxy) is 1. The number of halogens is 2. The zero-order chi connectivity index (χ0) is 18.2. The number of rotatable bonds is 7. The molecule has 6 nitrogen and oxygen atoms in total. The summed E-state index contributed by atoms with van der Waals surface area (Å²) in [7, 11) is 1.73. The Morgan fingerprint density at radius 2 is 1.96 bits per heavy atom. The topological polar surface area (TPSA) is 74.8 Å². The van der Waals surface area contributed by atoms with E-state index in [2.05, 4.69) is 27.9 Å². The van der Waals surface area contributed by atoms with Gasteiger partial charge >= 0.3 is 6.09 Å². The number of nitrogens with zero attached hydrogens (tertiary/aromatic N) is 1. The average molecular weight is 495 g/mol. The molecule has 146 valence electrons. The van der Waals surface area contributed by atoms with Crippen LogP contribution in [0, 0.1) is 5.92 Å². The summed E-state index contributed by atoms with van der Waals surface area (Å²) in [5, 5.41) is 10.3. The Bertz CT molecular complexity index is 593. The number of aliphatic imine (C=N–C) groups is 1. The van der Waals surface area contributed by atoms with Gasteiger partial charge in [-0.3, -0.25) is 4.99 Å². The predicted octanol–water partition coefficient (Wildman–Crippen LogP) is 3.71. The van der Waals surface area contributed by atoms with Gasteiger partial charge < -0.3 is 20.7 Å². The second kappa shape index (κ2) is 11.5. The van der Waals surface area contributed by atoms with Crippen LogP contribution in [0.3, 0.4) is 0 Å². The van der Waals surface area contributed by atoms with E-state index in [1.165, 1.54) is 0 Å². The van der Waals surface area contributed by atoms with Crippen LogP contribution in [0.2, 0.25) is 5.02 Å². The van der Waals surface area contributed by atoms with Crippen molar-refractivity contribution in [1.29, 1.82) is 0 Å². The minimum Gasteiger partial charge on any atom is -0.450 e. The Kier molecular flexibility index (Phi) is 10.1. The van der Waals surface area contributed by atoms with E-state index in [0.29, 0.717) is 25.0 Å². The number of nitrogens with one attached hydrogen (secondary N) is 3. The van der Waals surface area contributed by atoms with E-state index < -0.39 is 0 Å². The molecule has 0 radical (unpaired) electrons. The van der Waals surface area contributed by atoms with Gasteiger partial charge in [0.2, 0.25) is 0 Å². The SMILES string of the molecule is CCOC(=O)NC(CNC(=NC)NC(C)c1ccc(Cl)cc1)C1CC1.I.